The molecule has 0 aliphatic carbocycles. The van der Waals surface area contributed by atoms with Crippen molar-refractivity contribution in [2.45, 2.75) is 11.8 Å². The number of rotatable bonds is 5. The van der Waals surface area contributed by atoms with Crippen LogP contribution in [0.15, 0.2) is 60.7 Å². The molecule has 3 heteroatoms. The first kappa shape index (κ1) is 14.7. The Hall–Kier alpha value is -1.74. The highest BCUT2D eigenvalue weighted by Gasteiger charge is 2.29. The second-order valence-electron chi connectivity index (χ2n) is 4.47. The quantitative estimate of drug-likeness (QED) is 0.611. The van der Waals surface area contributed by atoms with Gasteiger partial charge in [0.05, 0.1) is 10.7 Å². The molecular formula is C17H14BrO2. The molecule has 2 nitrogen and oxygen atoms in total. The molecule has 0 aromatic heterocycles. The summed E-state index contributed by atoms with van der Waals surface area (Å²) < 4.78 is 0. The van der Waals surface area contributed by atoms with Gasteiger partial charge in [0.2, 0.25) is 0 Å². The van der Waals surface area contributed by atoms with E-state index in [2.05, 4.69) is 15.9 Å². The zero-order chi connectivity index (χ0) is 14.5. The van der Waals surface area contributed by atoms with Gasteiger partial charge in [0.15, 0.2) is 11.6 Å². The first-order chi connectivity index (χ1) is 9.61. The molecule has 1 unspecified atom stereocenters. The third-order valence-electron chi connectivity index (χ3n) is 3.06. The number of hydrogen-bond acceptors (Lipinski definition) is 2. The normalized spacial score (nSPS) is 12.2. The zero-order valence-corrected chi connectivity index (χ0v) is 12.6. The molecule has 0 N–H and O–H groups in total. The summed E-state index contributed by atoms with van der Waals surface area (Å²) in [4.78, 5) is 24.0. The van der Waals surface area contributed by atoms with Gasteiger partial charge in [0.25, 0.3) is 0 Å². The van der Waals surface area contributed by atoms with Crippen molar-refractivity contribution >= 4 is 27.5 Å². The standard InChI is InChI=1S/C17H14BrO2/c1-12(16(19)13-8-4-2-5-9-13)15(18)17(20)14-10-6-3-7-11-14/h2-11,15H,1H3. The smallest absolute Gasteiger partial charge is 0.177 e. The molecule has 0 aliphatic heterocycles. The summed E-state index contributed by atoms with van der Waals surface area (Å²) in [6, 6.07) is 17.9. The summed E-state index contributed by atoms with van der Waals surface area (Å²) in [5.41, 5.74) is 1.19. The molecule has 0 bridgehead atoms. The maximum absolute atomic E-state index is 12.3. The van der Waals surface area contributed by atoms with Crippen molar-refractivity contribution in [2.24, 2.45) is 0 Å². The highest BCUT2D eigenvalue weighted by Crippen LogP contribution is 2.23. The minimum absolute atomic E-state index is 0.104. The van der Waals surface area contributed by atoms with E-state index in [0.29, 0.717) is 17.0 Å². The number of carbonyl (C=O) groups excluding carboxylic acids is 2. The third-order valence-corrected chi connectivity index (χ3v) is 4.17. The largest absolute Gasteiger partial charge is 0.293 e. The molecule has 0 saturated heterocycles. The van der Waals surface area contributed by atoms with Gasteiger partial charge in [0.1, 0.15) is 0 Å². The monoisotopic (exact) mass is 329 g/mol. The molecule has 0 amide bonds. The Morgan fingerprint density at radius 2 is 1.30 bits per heavy atom. The van der Waals surface area contributed by atoms with Gasteiger partial charge in [-0.25, -0.2) is 0 Å². The number of alkyl halides is 1. The van der Waals surface area contributed by atoms with Gasteiger partial charge in [0, 0.05) is 11.1 Å². The molecule has 20 heavy (non-hydrogen) atoms. The van der Waals surface area contributed by atoms with E-state index in [9.17, 15) is 9.59 Å². The van der Waals surface area contributed by atoms with E-state index in [4.69, 9.17) is 0 Å². The van der Waals surface area contributed by atoms with Crippen LogP contribution in [0.25, 0.3) is 0 Å². The van der Waals surface area contributed by atoms with Crippen molar-refractivity contribution in [3.8, 4) is 0 Å². The Balaban J connectivity index is 2.15. The summed E-state index contributed by atoms with van der Waals surface area (Å²) in [6.45, 7) is 1.69. The molecule has 0 aliphatic rings. The van der Waals surface area contributed by atoms with Gasteiger partial charge in [-0.05, 0) is 6.92 Å². The maximum atomic E-state index is 12.3. The fourth-order valence-corrected chi connectivity index (χ4v) is 2.35. The second-order valence-corrected chi connectivity index (χ2v) is 5.39. The number of carbonyl (C=O) groups is 2. The molecule has 0 heterocycles. The Morgan fingerprint density at radius 3 is 1.80 bits per heavy atom. The molecule has 0 spiro atoms. The molecule has 2 aromatic carbocycles. The molecule has 1 atom stereocenters. The summed E-state index contributed by atoms with van der Waals surface area (Å²) >= 11 is 3.34. The van der Waals surface area contributed by atoms with Crippen molar-refractivity contribution in [1.82, 2.24) is 0 Å². The van der Waals surface area contributed by atoms with Gasteiger partial charge in [-0.2, -0.15) is 0 Å². The molecule has 0 fully saturated rings. The van der Waals surface area contributed by atoms with Crippen LogP contribution in [0.4, 0.5) is 0 Å². The fraction of sp³-hybridized carbons (Fsp3) is 0.118. The van der Waals surface area contributed by atoms with Crippen molar-refractivity contribution in [1.29, 1.82) is 0 Å². The Bertz CT molecular complexity index is 537. The Labute approximate surface area is 127 Å². The van der Waals surface area contributed by atoms with Crippen LogP contribution in [0.1, 0.15) is 27.6 Å². The minimum Gasteiger partial charge on any atom is -0.293 e. The predicted octanol–water partition coefficient (Wildman–Crippen LogP) is 4.11. The van der Waals surface area contributed by atoms with Crippen LogP contribution in [0.2, 0.25) is 0 Å². The topological polar surface area (TPSA) is 34.1 Å². The van der Waals surface area contributed by atoms with Crippen molar-refractivity contribution in [3.05, 3.63) is 77.7 Å². The predicted molar refractivity (Wildman–Crippen MR) is 83.2 cm³/mol. The van der Waals surface area contributed by atoms with Crippen molar-refractivity contribution in [3.63, 3.8) is 0 Å². The highest BCUT2D eigenvalue weighted by molar-refractivity contribution is 9.10. The summed E-state index contributed by atoms with van der Waals surface area (Å²) in [6.07, 6.45) is 0. The molecule has 0 saturated carbocycles. The van der Waals surface area contributed by atoms with E-state index >= 15 is 0 Å². The number of hydrogen-bond donors (Lipinski definition) is 0. The van der Waals surface area contributed by atoms with E-state index in [1.807, 2.05) is 24.3 Å². The van der Waals surface area contributed by atoms with E-state index in [1.54, 1.807) is 43.3 Å². The van der Waals surface area contributed by atoms with Crippen LogP contribution in [0.3, 0.4) is 0 Å². The Morgan fingerprint density at radius 1 is 0.850 bits per heavy atom. The van der Waals surface area contributed by atoms with E-state index in [0.717, 1.165) is 0 Å². The van der Waals surface area contributed by atoms with Crippen LogP contribution in [0.5, 0.6) is 0 Å². The van der Waals surface area contributed by atoms with Gasteiger partial charge in [-0.1, -0.05) is 76.6 Å². The van der Waals surface area contributed by atoms with Crippen LogP contribution in [-0.4, -0.2) is 16.4 Å². The first-order valence-corrected chi connectivity index (χ1v) is 7.19. The minimum atomic E-state index is -0.599. The van der Waals surface area contributed by atoms with Crippen LogP contribution >= 0.6 is 15.9 Å². The summed E-state index contributed by atoms with van der Waals surface area (Å²) in [5, 5.41) is 0. The number of halogens is 1. The van der Waals surface area contributed by atoms with E-state index in [-0.39, 0.29) is 11.6 Å². The van der Waals surface area contributed by atoms with Gasteiger partial charge < -0.3 is 0 Å². The molecular weight excluding hydrogens is 316 g/mol. The lowest BCUT2D eigenvalue weighted by Crippen LogP contribution is -2.26. The second kappa shape index (κ2) is 6.62. The average molecular weight is 330 g/mol. The first-order valence-electron chi connectivity index (χ1n) is 6.28. The third kappa shape index (κ3) is 3.23. The van der Waals surface area contributed by atoms with Crippen LogP contribution < -0.4 is 0 Å². The lowest BCUT2D eigenvalue weighted by Gasteiger charge is -2.15. The van der Waals surface area contributed by atoms with Gasteiger partial charge in [-0.3, -0.25) is 9.59 Å². The molecule has 1 radical (unpaired) electrons. The van der Waals surface area contributed by atoms with E-state index < -0.39 is 4.83 Å². The number of ketones is 2. The lowest BCUT2D eigenvalue weighted by molar-refractivity contribution is 0.0946. The van der Waals surface area contributed by atoms with Crippen molar-refractivity contribution in [2.75, 3.05) is 0 Å². The summed E-state index contributed by atoms with van der Waals surface area (Å²) in [7, 11) is 0. The maximum Gasteiger partial charge on any atom is 0.177 e. The molecule has 2 rings (SSSR count). The molecule has 2 aromatic rings. The number of benzene rings is 2. The molecule has 101 valence electrons. The SMILES string of the molecule is C[C](C(=O)c1ccccc1)C(Br)C(=O)c1ccccc1. The zero-order valence-electron chi connectivity index (χ0n) is 11.0. The van der Waals surface area contributed by atoms with Crippen molar-refractivity contribution < 1.29 is 9.59 Å². The lowest BCUT2D eigenvalue weighted by atomic mass is 9.92. The average Bonchev–Trinajstić information content (AvgIpc) is 2.53. The van der Waals surface area contributed by atoms with Crippen LogP contribution in [-0.2, 0) is 0 Å². The van der Waals surface area contributed by atoms with Gasteiger partial charge >= 0.3 is 0 Å². The summed E-state index contributed by atoms with van der Waals surface area (Å²) in [5.74, 6) is 0.272. The van der Waals surface area contributed by atoms with E-state index in [1.165, 1.54) is 0 Å². The fourth-order valence-electron chi connectivity index (χ4n) is 1.88. The van der Waals surface area contributed by atoms with Crippen LogP contribution in [0, 0.1) is 5.92 Å². The number of Topliss-reactive ketones (excluding diaryl/α,β-unsaturated/α-hetero) is 2. The Kier molecular flexibility index (Phi) is 4.85. The van der Waals surface area contributed by atoms with Gasteiger partial charge in [-0.15, -0.1) is 0 Å². The highest BCUT2D eigenvalue weighted by atomic mass is 79.9.